The molecule has 10 aromatic rings. The number of alkyl halides is 13. The predicted octanol–water partition coefficient (Wildman–Crippen LogP) is 12.6. The molecule has 0 aliphatic rings. The number of aromatic nitrogens is 8. The van der Waals surface area contributed by atoms with Gasteiger partial charge >= 0.3 is 32.2 Å². The minimum absolute atomic E-state index is 0. The normalized spacial score (nSPS) is 10.7. The summed E-state index contributed by atoms with van der Waals surface area (Å²) in [5, 5.41) is 75.2. The molecule has 10 N–H and O–H groups in total. The molecule has 0 aliphatic heterocycles. The summed E-state index contributed by atoms with van der Waals surface area (Å²) in [6.07, 6.45) is -17.0. The van der Waals surface area contributed by atoms with E-state index >= 15 is 0 Å². The molecule has 0 amide bonds. The number of anilines is 5. The van der Waals surface area contributed by atoms with E-state index in [0.717, 1.165) is 61.6 Å². The molecule has 0 saturated carbocycles. The Balaban J connectivity index is 0.000000270. The smallest absolute Gasteiger partial charge is 0.416 e. The zero-order valence-corrected chi connectivity index (χ0v) is 54.4. The van der Waals surface area contributed by atoms with Gasteiger partial charge < -0.3 is 56.0 Å². The van der Waals surface area contributed by atoms with Gasteiger partial charge in [-0.15, -0.1) is 20.4 Å². The van der Waals surface area contributed by atoms with Gasteiger partial charge in [-0.2, -0.15) is 73.2 Å². The van der Waals surface area contributed by atoms with Crippen LogP contribution in [0.2, 0.25) is 0 Å². The summed E-state index contributed by atoms with van der Waals surface area (Å²) in [5.41, 5.74) is 9.12. The van der Waals surface area contributed by atoms with Gasteiger partial charge in [-0.1, -0.05) is 57.8 Å². The Labute approximate surface area is 572 Å². The Hall–Kier alpha value is -11.0. The summed E-state index contributed by atoms with van der Waals surface area (Å²) in [6, 6.07) is 42.8. The summed E-state index contributed by atoms with van der Waals surface area (Å²) < 4.78 is 170. The Bertz CT molecular complexity index is 4200. The predicted molar refractivity (Wildman–Crippen MR) is 350 cm³/mol. The molecule has 2 aromatic heterocycles. The van der Waals surface area contributed by atoms with E-state index in [1.807, 2.05) is 12.1 Å². The number of benzene rings is 8. The number of methoxy groups -OCH3 is 4. The number of tetrazole rings is 2. The molecule has 2 heterocycles. The fourth-order valence-electron chi connectivity index (χ4n) is 8.03. The number of ether oxygens (including phenoxy) is 4. The Kier molecular flexibility index (Phi) is 31.6. The summed E-state index contributed by atoms with van der Waals surface area (Å²) in [7, 11) is 6.85. The molecule has 8 aromatic carbocycles. The number of hydrogen-bond donors (Lipinski definition) is 7. The average Bonchev–Trinajstić information content (AvgIpc) is 1.86. The first-order valence-corrected chi connectivity index (χ1v) is 29.4. The lowest BCUT2D eigenvalue weighted by molar-refractivity contribution is -0.138. The summed E-state index contributed by atoms with van der Waals surface area (Å²) in [4.78, 5) is 1.28. The second kappa shape index (κ2) is 38.8. The van der Waals surface area contributed by atoms with Crippen LogP contribution < -0.4 is 40.8 Å². The fraction of sp³-hybridized carbons (Fsp3) is 0.200. The second-order valence-electron chi connectivity index (χ2n) is 19.6. The van der Waals surface area contributed by atoms with Gasteiger partial charge in [-0.25, -0.2) is 0 Å². The second-order valence-corrected chi connectivity index (χ2v) is 20.4. The Morgan fingerprint density at radius 1 is 0.540 bits per heavy atom. The molecule has 0 aliphatic carbocycles. The summed E-state index contributed by atoms with van der Waals surface area (Å²) in [5.74, 6) is 3.13. The van der Waals surface area contributed by atoms with Crippen molar-refractivity contribution in [2.75, 3.05) is 63.4 Å². The summed E-state index contributed by atoms with van der Waals surface area (Å²) in [6.45, 7) is 0.341. The number of nitrogens with one attached hydrogen (secondary N) is 3. The maximum atomic E-state index is 12.7. The van der Waals surface area contributed by atoms with Crippen molar-refractivity contribution >= 4 is 57.3 Å². The van der Waals surface area contributed by atoms with Crippen molar-refractivity contribution in [2.24, 2.45) is 0 Å². The van der Waals surface area contributed by atoms with Crippen LogP contribution in [0.3, 0.4) is 0 Å². The van der Waals surface area contributed by atoms with E-state index in [1.54, 1.807) is 79.9 Å². The quantitative estimate of drug-likeness (QED) is 0.0204. The van der Waals surface area contributed by atoms with E-state index in [1.165, 1.54) is 74.7 Å². The van der Waals surface area contributed by atoms with Crippen LogP contribution >= 0.6 is 15.9 Å². The van der Waals surface area contributed by atoms with Crippen molar-refractivity contribution < 1.29 is 92.3 Å². The molecule has 1 radical (unpaired) electrons. The van der Waals surface area contributed by atoms with Crippen molar-refractivity contribution in [2.45, 2.75) is 37.7 Å². The topological polar surface area (TPSA) is 325 Å². The molecule has 0 unspecified atom stereocenters. The van der Waals surface area contributed by atoms with Crippen LogP contribution in [0.15, 0.2) is 170 Å². The van der Waals surface area contributed by atoms with Crippen LogP contribution in [0.25, 0.3) is 22.8 Å². The molecule has 0 bridgehead atoms. The highest BCUT2D eigenvalue weighted by molar-refractivity contribution is 9.09. The zero-order chi connectivity index (χ0) is 72.9. The number of nitrogen functional groups attached to an aromatic ring is 1. The van der Waals surface area contributed by atoms with Crippen LogP contribution in [0.1, 0.15) is 44.5 Å². The third-order valence-corrected chi connectivity index (χ3v) is 13.3. The largest absolute Gasteiger partial charge is 0.497 e. The van der Waals surface area contributed by atoms with Gasteiger partial charge in [0, 0.05) is 46.0 Å². The summed E-state index contributed by atoms with van der Waals surface area (Å²) >= 11 is 3.00. The Morgan fingerprint density at radius 2 is 0.960 bits per heavy atom. The number of nitrogens with zero attached hydrogens (tertiary/aromatic N) is 9. The number of H-pyrrole nitrogens is 1. The van der Waals surface area contributed by atoms with Gasteiger partial charge in [0.15, 0.2) is 0 Å². The number of aromatic amines is 1. The van der Waals surface area contributed by atoms with Crippen molar-refractivity contribution in [1.29, 1.82) is 10.5 Å². The number of aliphatic hydroxyl groups excluding tert-OH is 2. The van der Waals surface area contributed by atoms with Crippen molar-refractivity contribution in [3.63, 3.8) is 0 Å². The number of nitrogens with two attached hydrogens (primary N) is 1. The molecule has 0 spiro atoms. The van der Waals surface area contributed by atoms with E-state index in [9.17, 15) is 52.7 Å². The van der Waals surface area contributed by atoms with Crippen molar-refractivity contribution in [3.05, 3.63) is 214 Å². The van der Waals surface area contributed by atoms with E-state index in [4.69, 9.17) is 50.4 Å². The van der Waals surface area contributed by atoms with Crippen molar-refractivity contribution in [1.82, 2.24) is 40.8 Å². The van der Waals surface area contributed by atoms with E-state index < -0.39 is 47.0 Å². The van der Waals surface area contributed by atoms with Gasteiger partial charge in [0.2, 0.25) is 11.6 Å². The molecular weight excluding hydrogens is 1410 g/mol. The van der Waals surface area contributed by atoms with E-state index in [2.05, 4.69) is 62.6 Å². The van der Waals surface area contributed by atoms with E-state index in [-0.39, 0.29) is 25.2 Å². The van der Waals surface area contributed by atoms with Crippen LogP contribution in [0.4, 0.5) is 81.1 Å². The molecule has 0 fully saturated rings. The van der Waals surface area contributed by atoms with Crippen LogP contribution in [-0.4, -0.2) is 116 Å². The minimum Gasteiger partial charge on any atom is -0.497 e. The van der Waals surface area contributed by atoms with Crippen LogP contribution in [-0.2, 0) is 37.7 Å². The monoisotopic (exact) mass is 1470 g/mol. The number of rotatable bonds is 16. The first kappa shape index (κ1) is 81.5. The lowest BCUT2D eigenvalue weighted by Gasteiger charge is -2.13. The molecule has 10 rings (SSSR count). The first-order chi connectivity index (χ1) is 47.0. The lowest BCUT2D eigenvalue weighted by atomic mass is 9.88. The molecule has 21 nitrogen and oxygen atoms in total. The number of aliphatic hydroxyl groups is 2. The number of nitriles is 2. The third-order valence-electron chi connectivity index (χ3n) is 13.0. The maximum absolute atomic E-state index is 12.7. The highest BCUT2D eigenvalue weighted by Crippen LogP contribution is 2.36. The van der Waals surface area contributed by atoms with Gasteiger partial charge in [-0.3, -0.25) is 0 Å². The zero-order valence-electron chi connectivity index (χ0n) is 52.8. The SMILES string of the molecule is COc1ccc(-c2nn[nH]n2)c(Nc2ccc(C(F)(F)F)cc2)c1.COc1ccc(-c2nnn(CCO)n2)c(Cc2ccc(C(F)(F)F)cc2)c1.COc1ccc(C#N)c(N)c1.COc1ccc(C#N)c(Nc2ccc(C(F)(F)F)cc2)c1.O.OCCBr.O[B]c1ccc(C(F)(F)F)cc1. The molecular formula is C65H60BBrF12N13O8. The standard InChI is InChI=1S/C18H17F3N4O2.C15H12F3N5O.C15H11F3N2O.C8H8N2O.C7H5BF3O.C2H5BrO.H2O/c1-27-15-6-7-16(17-22-24-25(23-17)8-9-26)13(11-15)10-12-2-4-14(5-3-12)18(19,20)21;1-24-11-6-7-12(14-20-22-23-21-14)13(8-11)19-10-4-2-9(3-5-10)15(16,17)18;1-21-13-7-2-10(9-19)14(8-13)20-12-5-3-11(4-6-12)15(16,17)18;1-11-7-3-2-6(5-9)8(10)4-7;9-7(10,11)5-1-3-6(8-12)4-2-5;3-1-2-4;/h2-7,11,26H,8-10H2,1H3;2-8,19H,1H3,(H,20,21,22,23);2-8,20H,1H3;2-4H,10H2,1H3;1-4,12H;4H,1-2H2;1H2. The van der Waals surface area contributed by atoms with Crippen molar-refractivity contribution in [3.8, 4) is 57.9 Å². The highest BCUT2D eigenvalue weighted by atomic mass is 79.9. The molecule has 0 atom stereocenters. The van der Waals surface area contributed by atoms with Crippen LogP contribution in [0, 0.1) is 22.7 Å². The highest BCUT2D eigenvalue weighted by Gasteiger charge is 2.33. The molecule has 35 heteroatoms. The lowest BCUT2D eigenvalue weighted by Crippen LogP contribution is -2.14. The van der Waals surface area contributed by atoms with Gasteiger partial charge in [-0.05, 0) is 143 Å². The number of halogens is 13. The number of hydrogen-bond acceptors (Lipinski definition) is 18. The Morgan fingerprint density at radius 3 is 1.38 bits per heavy atom. The van der Waals surface area contributed by atoms with Gasteiger partial charge in [0.25, 0.3) is 0 Å². The molecule has 100 heavy (non-hydrogen) atoms. The van der Waals surface area contributed by atoms with Gasteiger partial charge in [0.05, 0.1) is 98.6 Å². The van der Waals surface area contributed by atoms with Gasteiger partial charge in [0.1, 0.15) is 35.1 Å². The maximum Gasteiger partial charge on any atom is 0.416 e. The van der Waals surface area contributed by atoms with E-state index in [0.29, 0.717) is 108 Å². The minimum atomic E-state index is -4.37. The molecule has 527 valence electrons. The molecule has 0 saturated heterocycles. The fourth-order valence-corrected chi connectivity index (χ4v) is 8.03. The average molecular weight is 1470 g/mol. The van der Waals surface area contributed by atoms with Crippen LogP contribution in [0.5, 0.6) is 23.0 Å². The first-order valence-electron chi connectivity index (χ1n) is 28.3. The third kappa shape index (κ3) is 25.5.